The van der Waals surface area contributed by atoms with E-state index >= 15 is 0 Å². The molecule has 0 radical (unpaired) electrons. The number of carbonyl (C=O) groups is 1. The van der Waals surface area contributed by atoms with Crippen LogP contribution in [0.5, 0.6) is 5.75 Å². The van der Waals surface area contributed by atoms with Gasteiger partial charge < -0.3 is 14.8 Å². The molecule has 1 saturated carbocycles. The molecule has 1 aromatic heterocycles. The van der Waals surface area contributed by atoms with Crippen molar-refractivity contribution >= 4 is 29.3 Å². The Morgan fingerprint density at radius 3 is 2.92 bits per heavy atom. The molecule has 1 heterocycles. The van der Waals surface area contributed by atoms with E-state index in [9.17, 15) is 4.79 Å². The number of methoxy groups -OCH3 is 1. The largest absolute Gasteiger partial charge is 0.484 e. The molecule has 26 heavy (non-hydrogen) atoms. The van der Waals surface area contributed by atoms with Gasteiger partial charge in [0.15, 0.2) is 11.0 Å². The van der Waals surface area contributed by atoms with Crippen LogP contribution in [-0.2, 0) is 16.1 Å². The molecule has 0 aliphatic heterocycles. The molecule has 1 N–H and O–H groups in total. The van der Waals surface area contributed by atoms with Crippen LogP contribution in [0.2, 0.25) is 5.02 Å². The summed E-state index contributed by atoms with van der Waals surface area (Å²) < 4.78 is 12.8. The SMILES string of the molecule is COCCNC(=O)CSc1nnc(COc2ccccc2Cl)n1C1CC1. The fourth-order valence-electron chi connectivity index (χ4n) is 2.38. The maximum Gasteiger partial charge on any atom is 0.230 e. The standard InChI is InChI=1S/C17H21ClN4O3S/c1-24-9-8-19-16(23)11-26-17-21-20-15(22(17)12-6-7-12)10-25-14-5-3-2-4-13(14)18/h2-5,12H,6-11H2,1H3,(H,19,23). The van der Waals surface area contributed by atoms with E-state index in [2.05, 4.69) is 20.1 Å². The van der Waals surface area contributed by atoms with Crippen LogP contribution >= 0.6 is 23.4 Å². The minimum Gasteiger partial charge on any atom is -0.484 e. The van der Waals surface area contributed by atoms with E-state index in [0.29, 0.717) is 35.7 Å². The second-order valence-corrected chi connectivity index (χ2v) is 7.20. The Morgan fingerprint density at radius 2 is 2.19 bits per heavy atom. The molecule has 1 fully saturated rings. The summed E-state index contributed by atoms with van der Waals surface area (Å²) in [5.74, 6) is 1.60. The lowest BCUT2D eigenvalue weighted by Crippen LogP contribution is -2.28. The van der Waals surface area contributed by atoms with Gasteiger partial charge in [-0.1, -0.05) is 35.5 Å². The Morgan fingerprint density at radius 1 is 1.38 bits per heavy atom. The lowest BCUT2D eigenvalue weighted by Gasteiger charge is -2.10. The van der Waals surface area contributed by atoms with Gasteiger partial charge >= 0.3 is 0 Å². The van der Waals surface area contributed by atoms with Gasteiger partial charge in [-0.25, -0.2) is 0 Å². The van der Waals surface area contributed by atoms with E-state index in [4.69, 9.17) is 21.1 Å². The van der Waals surface area contributed by atoms with Crippen LogP contribution in [-0.4, -0.2) is 46.7 Å². The minimum absolute atomic E-state index is 0.0498. The van der Waals surface area contributed by atoms with Gasteiger partial charge in [-0.3, -0.25) is 9.36 Å². The molecule has 140 valence electrons. The monoisotopic (exact) mass is 396 g/mol. The number of hydrogen-bond donors (Lipinski definition) is 1. The third kappa shape index (κ3) is 5.12. The molecular weight excluding hydrogens is 376 g/mol. The third-order valence-corrected chi connectivity index (χ3v) is 5.06. The topological polar surface area (TPSA) is 78.3 Å². The Balaban J connectivity index is 1.60. The molecule has 2 aromatic rings. The number of aromatic nitrogens is 3. The fraction of sp³-hybridized carbons (Fsp3) is 0.471. The maximum atomic E-state index is 11.9. The predicted octanol–water partition coefficient (Wildman–Crippen LogP) is 2.70. The maximum absolute atomic E-state index is 11.9. The minimum atomic E-state index is -0.0498. The van der Waals surface area contributed by atoms with Crippen LogP contribution in [0.4, 0.5) is 0 Å². The van der Waals surface area contributed by atoms with Crippen LogP contribution < -0.4 is 10.1 Å². The second-order valence-electron chi connectivity index (χ2n) is 5.85. The lowest BCUT2D eigenvalue weighted by atomic mass is 10.3. The first-order valence-electron chi connectivity index (χ1n) is 8.38. The number of nitrogens with zero attached hydrogens (tertiary/aromatic N) is 3. The number of benzene rings is 1. The summed E-state index contributed by atoms with van der Waals surface area (Å²) in [6, 6.07) is 7.71. The zero-order chi connectivity index (χ0) is 18.4. The van der Waals surface area contributed by atoms with Crippen molar-refractivity contribution in [3.05, 3.63) is 35.1 Å². The summed E-state index contributed by atoms with van der Waals surface area (Å²) in [7, 11) is 1.60. The molecular formula is C17H21ClN4O3S. The van der Waals surface area contributed by atoms with Crippen LogP contribution in [0.3, 0.4) is 0 Å². The van der Waals surface area contributed by atoms with Crippen molar-refractivity contribution in [3.63, 3.8) is 0 Å². The van der Waals surface area contributed by atoms with Gasteiger partial charge in [0.05, 0.1) is 17.4 Å². The van der Waals surface area contributed by atoms with Crippen molar-refractivity contribution in [2.45, 2.75) is 30.6 Å². The summed E-state index contributed by atoms with van der Waals surface area (Å²) in [5, 5.41) is 12.6. The van der Waals surface area contributed by atoms with Crippen LogP contribution in [0.1, 0.15) is 24.7 Å². The van der Waals surface area contributed by atoms with E-state index in [1.54, 1.807) is 13.2 Å². The van der Waals surface area contributed by atoms with Gasteiger partial charge in [0.2, 0.25) is 5.91 Å². The summed E-state index contributed by atoms with van der Waals surface area (Å²) in [6.07, 6.45) is 2.18. The molecule has 7 nitrogen and oxygen atoms in total. The fourth-order valence-corrected chi connectivity index (χ4v) is 3.43. The first-order chi connectivity index (χ1) is 12.7. The zero-order valence-corrected chi connectivity index (χ0v) is 16.1. The lowest BCUT2D eigenvalue weighted by molar-refractivity contribution is -0.118. The summed E-state index contributed by atoms with van der Waals surface area (Å²) in [5.41, 5.74) is 0. The Hall–Kier alpha value is -1.77. The Bertz CT molecular complexity index is 751. The highest BCUT2D eigenvalue weighted by atomic mass is 35.5. The van der Waals surface area contributed by atoms with E-state index in [1.165, 1.54) is 11.8 Å². The average Bonchev–Trinajstić information content (AvgIpc) is 3.40. The molecule has 1 aliphatic carbocycles. The van der Waals surface area contributed by atoms with Crippen LogP contribution in [0.25, 0.3) is 0 Å². The molecule has 1 aliphatic rings. The van der Waals surface area contributed by atoms with Gasteiger partial charge in [0, 0.05) is 19.7 Å². The third-order valence-electron chi connectivity index (χ3n) is 3.80. The second kappa shape index (κ2) is 9.25. The van der Waals surface area contributed by atoms with E-state index in [1.807, 2.05) is 18.2 Å². The number of para-hydroxylation sites is 1. The molecule has 1 amide bonds. The van der Waals surface area contributed by atoms with E-state index in [-0.39, 0.29) is 12.5 Å². The van der Waals surface area contributed by atoms with Gasteiger partial charge in [0.1, 0.15) is 12.4 Å². The van der Waals surface area contributed by atoms with E-state index < -0.39 is 0 Å². The number of nitrogens with one attached hydrogen (secondary N) is 1. The van der Waals surface area contributed by atoms with Gasteiger partial charge in [-0.15, -0.1) is 10.2 Å². The summed E-state index contributed by atoms with van der Waals surface area (Å²) in [6.45, 7) is 1.29. The zero-order valence-electron chi connectivity index (χ0n) is 14.5. The molecule has 3 rings (SSSR count). The molecule has 1 aromatic carbocycles. The van der Waals surface area contributed by atoms with Crippen LogP contribution in [0, 0.1) is 0 Å². The Labute approximate surface area is 161 Å². The predicted molar refractivity (Wildman–Crippen MR) is 99.7 cm³/mol. The molecule has 9 heteroatoms. The summed E-state index contributed by atoms with van der Waals surface area (Å²) in [4.78, 5) is 11.9. The first-order valence-corrected chi connectivity index (χ1v) is 9.75. The Kier molecular flexibility index (Phi) is 6.76. The van der Waals surface area contributed by atoms with Gasteiger partial charge in [-0.2, -0.15) is 0 Å². The normalized spacial score (nSPS) is 13.6. The van der Waals surface area contributed by atoms with Crippen LogP contribution in [0.15, 0.2) is 29.4 Å². The van der Waals surface area contributed by atoms with Gasteiger partial charge in [-0.05, 0) is 25.0 Å². The number of amides is 1. The number of hydrogen-bond acceptors (Lipinski definition) is 6. The average molecular weight is 397 g/mol. The van der Waals surface area contributed by atoms with Gasteiger partial charge in [0.25, 0.3) is 0 Å². The number of ether oxygens (including phenoxy) is 2. The van der Waals surface area contributed by atoms with Crippen molar-refractivity contribution in [1.82, 2.24) is 20.1 Å². The van der Waals surface area contributed by atoms with Crippen molar-refractivity contribution in [3.8, 4) is 5.75 Å². The molecule has 0 unspecified atom stereocenters. The highest BCUT2D eigenvalue weighted by Gasteiger charge is 2.30. The number of rotatable bonds is 10. The first kappa shape index (κ1) is 19.0. The molecule has 0 saturated heterocycles. The van der Waals surface area contributed by atoms with Crippen molar-refractivity contribution < 1.29 is 14.3 Å². The highest BCUT2D eigenvalue weighted by molar-refractivity contribution is 7.99. The highest BCUT2D eigenvalue weighted by Crippen LogP contribution is 2.39. The molecule has 0 atom stereocenters. The van der Waals surface area contributed by atoms with Crippen molar-refractivity contribution in [2.75, 3.05) is 26.0 Å². The number of thioether (sulfide) groups is 1. The number of carbonyl (C=O) groups excluding carboxylic acids is 1. The molecule has 0 spiro atoms. The van der Waals surface area contributed by atoms with Crippen molar-refractivity contribution in [2.24, 2.45) is 0 Å². The van der Waals surface area contributed by atoms with Crippen molar-refractivity contribution in [1.29, 1.82) is 0 Å². The quantitative estimate of drug-likeness (QED) is 0.491. The van der Waals surface area contributed by atoms with E-state index in [0.717, 1.165) is 23.8 Å². The number of halogens is 1. The molecule has 0 bridgehead atoms. The smallest absolute Gasteiger partial charge is 0.230 e. The summed E-state index contributed by atoms with van der Waals surface area (Å²) >= 11 is 7.50.